The van der Waals surface area contributed by atoms with Crippen molar-refractivity contribution in [2.24, 2.45) is 5.18 Å². The van der Waals surface area contributed by atoms with E-state index in [4.69, 9.17) is 0 Å². The van der Waals surface area contributed by atoms with Gasteiger partial charge in [-0.1, -0.05) is 24.3 Å². The number of rotatable bonds is 0. The van der Waals surface area contributed by atoms with Crippen LogP contribution in [0.5, 0.6) is 0 Å². The number of benzene rings is 1. The second kappa shape index (κ2) is 3.57. The van der Waals surface area contributed by atoms with Crippen LogP contribution in [-0.2, 0) is 13.0 Å². The van der Waals surface area contributed by atoms with E-state index in [1.165, 1.54) is 10.5 Å². The van der Waals surface area contributed by atoms with Crippen LogP contribution in [0, 0.1) is 4.91 Å². The molecule has 14 heavy (non-hydrogen) atoms. The molecule has 0 aromatic heterocycles. The summed E-state index contributed by atoms with van der Waals surface area (Å²) in [6.45, 7) is 1.09. The fraction of sp³-hybridized carbons (Fsp3) is 0.300. The van der Waals surface area contributed by atoms with Crippen molar-refractivity contribution in [3.63, 3.8) is 0 Å². The monoisotopic (exact) mass is 190 g/mol. The molecule has 1 heterocycles. The number of urea groups is 1. The zero-order valence-corrected chi connectivity index (χ0v) is 7.64. The maximum atomic E-state index is 11.0. The normalized spacial score (nSPS) is 14.7. The SMILES string of the molecule is O=NC(=O)N1CCc2ccccc2C1. The van der Waals surface area contributed by atoms with E-state index < -0.39 is 6.03 Å². The zero-order valence-electron chi connectivity index (χ0n) is 7.64. The maximum Gasteiger partial charge on any atom is 0.381 e. The van der Waals surface area contributed by atoms with Gasteiger partial charge in [-0.3, -0.25) is 0 Å². The molecule has 0 saturated heterocycles. The Morgan fingerprint density at radius 1 is 1.29 bits per heavy atom. The maximum absolute atomic E-state index is 11.0. The summed E-state index contributed by atoms with van der Waals surface area (Å²) in [7, 11) is 0. The van der Waals surface area contributed by atoms with Crippen LogP contribution in [0.25, 0.3) is 0 Å². The second-order valence-corrected chi connectivity index (χ2v) is 3.31. The largest absolute Gasteiger partial charge is 0.381 e. The van der Waals surface area contributed by atoms with E-state index >= 15 is 0 Å². The van der Waals surface area contributed by atoms with Crippen molar-refractivity contribution < 1.29 is 4.79 Å². The number of nitroso groups, excluding NO2 is 1. The van der Waals surface area contributed by atoms with Gasteiger partial charge in [0.05, 0.1) is 0 Å². The minimum atomic E-state index is -0.667. The van der Waals surface area contributed by atoms with Crippen molar-refractivity contribution in [3.8, 4) is 0 Å². The molecule has 0 aliphatic carbocycles. The predicted molar refractivity (Wildman–Crippen MR) is 51.7 cm³/mol. The molecular formula is C10H10N2O2. The van der Waals surface area contributed by atoms with Crippen LogP contribution in [0.2, 0.25) is 0 Å². The molecule has 0 unspecified atom stereocenters. The number of fused-ring (bicyclic) bond motifs is 1. The first-order valence-corrected chi connectivity index (χ1v) is 4.50. The molecule has 72 valence electrons. The molecule has 0 fully saturated rings. The lowest BCUT2D eigenvalue weighted by atomic mass is 10.0. The number of hydrogen-bond acceptors (Lipinski definition) is 2. The summed E-state index contributed by atoms with van der Waals surface area (Å²) in [5, 5.41) is 2.42. The lowest BCUT2D eigenvalue weighted by molar-refractivity contribution is 0.202. The van der Waals surface area contributed by atoms with E-state index in [1.54, 1.807) is 0 Å². The van der Waals surface area contributed by atoms with Crippen LogP contribution in [0.1, 0.15) is 11.1 Å². The second-order valence-electron chi connectivity index (χ2n) is 3.31. The molecule has 0 saturated carbocycles. The number of carbonyl (C=O) groups is 1. The fourth-order valence-corrected chi connectivity index (χ4v) is 1.72. The average Bonchev–Trinajstić information content (AvgIpc) is 2.27. The van der Waals surface area contributed by atoms with Gasteiger partial charge in [-0.05, 0) is 17.5 Å². The zero-order chi connectivity index (χ0) is 9.97. The van der Waals surface area contributed by atoms with E-state index in [-0.39, 0.29) is 0 Å². The first-order chi connectivity index (χ1) is 6.81. The van der Waals surface area contributed by atoms with Crippen molar-refractivity contribution in [2.45, 2.75) is 13.0 Å². The molecule has 0 spiro atoms. The average molecular weight is 190 g/mol. The van der Waals surface area contributed by atoms with Gasteiger partial charge in [0.15, 0.2) is 0 Å². The number of amides is 2. The first-order valence-electron chi connectivity index (χ1n) is 4.50. The molecule has 2 rings (SSSR count). The highest BCUT2D eigenvalue weighted by atomic mass is 16.3. The lowest BCUT2D eigenvalue weighted by Gasteiger charge is -2.26. The summed E-state index contributed by atoms with van der Waals surface area (Å²) >= 11 is 0. The Morgan fingerprint density at radius 2 is 2.00 bits per heavy atom. The molecule has 1 aromatic carbocycles. The summed E-state index contributed by atoms with van der Waals surface area (Å²) < 4.78 is 0. The molecule has 0 radical (unpaired) electrons. The summed E-state index contributed by atoms with van der Waals surface area (Å²) in [4.78, 5) is 22.6. The minimum Gasteiger partial charge on any atom is -0.316 e. The molecule has 0 N–H and O–H groups in total. The van der Waals surface area contributed by atoms with Crippen LogP contribution in [0.3, 0.4) is 0 Å². The van der Waals surface area contributed by atoms with Crippen LogP contribution >= 0.6 is 0 Å². The van der Waals surface area contributed by atoms with Crippen LogP contribution in [0.4, 0.5) is 4.79 Å². The van der Waals surface area contributed by atoms with Crippen LogP contribution in [0.15, 0.2) is 29.4 Å². The van der Waals surface area contributed by atoms with Crippen molar-refractivity contribution in [1.29, 1.82) is 0 Å². The standard InChI is InChI=1S/C10H10N2O2/c13-10(11-14)12-6-5-8-3-1-2-4-9(8)7-12/h1-4H,5-7H2. The summed E-state index contributed by atoms with van der Waals surface area (Å²) in [5.41, 5.74) is 2.36. The molecule has 1 aromatic rings. The highest BCUT2D eigenvalue weighted by Gasteiger charge is 2.20. The molecule has 2 amide bonds. The van der Waals surface area contributed by atoms with Gasteiger partial charge >= 0.3 is 6.03 Å². The van der Waals surface area contributed by atoms with Crippen LogP contribution in [-0.4, -0.2) is 17.5 Å². The van der Waals surface area contributed by atoms with Crippen molar-refractivity contribution in [3.05, 3.63) is 40.3 Å². The van der Waals surface area contributed by atoms with E-state index in [2.05, 4.69) is 5.18 Å². The molecule has 1 aliphatic rings. The number of hydrogen-bond donors (Lipinski definition) is 0. The van der Waals surface area contributed by atoms with E-state index in [1.807, 2.05) is 24.3 Å². The first kappa shape index (κ1) is 8.87. The Balaban J connectivity index is 2.21. The van der Waals surface area contributed by atoms with Gasteiger partial charge in [0.2, 0.25) is 0 Å². The van der Waals surface area contributed by atoms with Gasteiger partial charge in [-0.25, -0.2) is 4.79 Å². The Hall–Kier alpha value is -1.71. The Kier molecular flexibility index (Phi) is 2.26. The van der Waals surface area contributed by atoms with E-state index in [0.717, 1.165) is 12.0 Å². The molecule has 4 heteroatoms. The van der Waals surface area contributed by atoms with Gasteiger partial charge < -0.3 is 4.90 Å². The fourth-order valence-electron chi connectivity index (χ4n) is 1.72. The third-order valence-corrected chi connectivity index (χ3v) is 2.48. The number of nitrogens with zero attached hydrogens (tertiary/aromatic N) is 2. The highest BCUT2D eigenvalue weighted by molar-refractivity contribution is 5.75. The molecular weight excluding hydrogens is 180 g/mol. The Bertz CT molecular complexity index is 376. The summed E-state index contributed by atoms with van der Waals surface area (Å²) in [6, 6.07) is 7.26. The molecule has 1 aliphatic heterocycles. The predicted octanol–water partition coefficient (Wildman–Crippen LogP) is 1.93. The Morgan fingerprint density at radius 3 is 2.71 bits per heavy atom. The molecule has 0 atom stereocenters. The van der Waals surface area contributed by atoms with Crippen molar-refractivity contribution in [1.82, 2.24) is 4.90 Å². The van der Waals surface area contributed by atoms with Gasteiger partial charge in [-0.15, -0.1) is 4.91 Å². The Labute approximate surface area is 81.5 Å². The summed E-state index contributed by atoms with van der Waals surface area (Å²) in [5.74, 6) is 0. The van der Waals surface area contributed by atoms with Gasteiger partial charge in [-0.2, -0.15) is 0 Å². The summed E-state index contributed by atoms with van der Waals surface area (Å²) in [6.07, 6.45) is 0.803. The van der Waals surface area contributed by atoms with Gasteiger partial charge in [0.1, 0.15) is 0 Å². The quantitative estimate of drug-likeness (QED) is 0.587. The third-order valence-electron chi connectivity index (χ3n) is 2.48. The molecule has 0 bridgehead atoms. The van der Waals surface area contributed by atoms with Gasteiger partial charge in [0, 0.05) is 18.3 Å². The highest BCUT2D eigenvalue weighted by Crippen LogP contribution is 2.18. The smallest absolute Gasteiger partial charge is 0.316 e. The van der Waals surface area contributed by atoms with Gasteiger partial charge in [0.25, 0.3) is 0 Å². The lowest BCUT2D eigenvalue weighted by Crippen LogP contribution is -2.33. The van der Waals surface area contributed by atoms with E-state index in [0.29, 0.717) is 13.1 Å². The van der Waals surface area contributed by atoms with Crippen molar-refractivity contribution >= 4 is 6.03 Å². The van der Waals surface area contributed by atoms with Crippen molar-refractivity contribution in [2.75, 3.05) is 6.54 Å². The third kappa shape index (κ3) is 1.51. The van der Waals surface area contributed by atoms with Crippen LogP contribution < -0.4 is 0 Å². The minimum absolute atomic E-state index is 0.501. The topological polar surface area (TPSA) is 49.7 Å². The van der Waals surface area contributed by atoms with E-state index in [9.17, 15) is 9.70 Å². The number of carbonyl (C=O) groups excluding carboxylic acids is 1. The molecule has 4 nitrogen and oxygen atoms in total.